The Morgan fingerprint density at radius 1 is 1.31 bits per heavy atom. The number of aliphatic carboxylic acids is 1. The third-order valence-electron chi connectivity index (χ3n) is 6.86. The van der Waals surface area contributed by atoms with Crippen LogP contribution in [0, 0.1) is 11.8 Å². The first-order chi connectivity index (χ1) is 13.8. The van der Waals surface area contributed by atoms with E-state index in [0.29, 0.717) is 11.3 Å². The molecule has 0 unspecified atom stereocenters. The van der Waals surface area contributed by atoms with Crippen molar-refractivity contribution in [2.45, 2.75) is 43.7 Å². The predicted molar refractivity (Wildman–Crippen MR) is 111 cm³/mol. The highest BCUT2D eigenvalue weighted by atomic mass is 32.2. The zero-order chi connectivity index (χ0) is 20.9. The number of amides is 1. The summed E-state index contributed by atoms with van der Waals surface area (Å²) in [5.74, 6) is -1.86. The number of β-lactam (4-membered cyclic amide) rings is 1. The lowest BCUT2D eigenvalue weighted by Crippen LogP contribution is -2.63. The molecule has 3 saturated heterocycles. The van der Waals surface area contributed by atoms with Gasteiger partial charge in [-0.3, -0.25) is 9.69 Å². The molecule has 4 heterocycles. The number of aliphatic hydroxyl groups excluding tert-OH is 1. The molecule has 0 radical (unpaired) electrons. The Labute approximate surface area is 176 Å². The van der Waals surface area contributed by atoms with Gasteiger partial charge in [0.25, 0.3) is 0 Å². The van der Waals surface area contributed by atoms with E-state index < -0.39 is 18.0 Å². The number of thioether (sulfide) groups is 1. The number of piperazine rings is 1. The molecular weight excluding hydrogens is 392 g/mol. The fourth-order valence-corrected chi connectivity index (χ4v) is 6.73. The van der Waals surface area contributed by atoms with Gasteiger partial charge in [-0.05, 0) is 20.4 Å². The molecule has 4 aliphatic rings. The first-order valence-electron chi connectivity index (χ1n) is 10.6. The van der Waals surface area contributed by atoms with Crippen LogP contribution in [0.5, 0.6) is 0 Å². The molecule has 0 saturated carbocycles. The Hall–Kier alpha value is -1.13. The number of nitrogens with one attached hydrogen (secondary N) is 1. The Bertz CT molecular complexity index is 707. The molecule has 9 heteroatoms. The smallest absolute Gasteiger partial charge is 0.353 e. The molecule has 0 aromatic carbocycles. The Morgan fingerprint density at radius 2 is 2.00 bits per heavy atom. The van der Waals surface area contributed by atoms with Gasteiger partial charge in [-0.1, -0.05) is 6.92 Å². The van der Waals surface area contributed by atoms with Crippen molar-refractivity contribution >= 4 is 23.6 Å². The number of likely N-dealkylation sites (N-methyl/N-ethyl adjacent to an activating group) is 1. The van der Waals surface area contributed by atoms with Crippen molar-refractivity contribution in [2.24, 2.45) is 11.8 Å². The molecule has 162 valence electrons. The van der Waals surface area contributed by atoms with Crippen LogP contribution in [0.4, 0.5) is 0 Å². The lowest BCUT2D eigenvalue weighted by Gasteiger charge is -2.46. The molecule has 29 heavy (non-hydrogen) atoms. The van der Waals surface area contributed by atoms with E-state index in [2.05, 4.69) is 22.2 Å². The summed E-state index contributed by atoms with van der Waals surface area (Å²) in [5.41, 5.74) is 0.136. The first kappa shape index (κ1) is 21.1. The van der Waals surface area contributed by atoms with Crippen molar-refractivity contribution in [1.29, 1.82) is 0 Å². The molecule has 4 aliphatic heterocycles. The second kappa shape index (κ2) is 8.19. The average molecular weight is 425 g/mol. The molecule has 0 aliphatic carbocycles. The van der Waals surface area contributed by atoms with Gasteiger partial charge >= 0.3 is 5.97 Å². The van der Waals surface area contributed by atoms with E-state index >= 15 is 0 Å². The van der Waals surface area contributed by atoms with Gasteiger partial charge in [0.15, 0.2) is 0 Å². The van der Waals surface area contributed by atoms with Gasteiger partial charge in [-0.15, -0.1) is 11.8 Å². The Kier molecular flexibility index (Phi) is 5.96. The van der Waals surface area contributed by atoms with Crippen LogP contribution < -0.4 is 5.32 Å². The minimum atomic E-state index is -1.04. The number of fused-ring (bicyclic) bond motifs is 1. The van der Waals surface area contributed by atoms with Crippen molar-refractivity contribution in [3.05, 3.63) is 10.6 Å². The number of carbonyl (C=O) groups excluding carboxylic acids is 1. The second-order valence-electron chi connectivity index (χ2n) is 8.96. The minimum absolute atomic E-state index is 0.0555. The van der Waals surface area contributed by atoms with Crippen LogP contribution in [-0.2, 0) is 9.59 Å². The monoisotopic (exact) mass is 424 g/mol. The molecule has 4 rings (SSSR count). The van der Waals surface area contributed by atoms with Gasteiger partial charge in [-0.25, -0.2) is 4.79 Å². The predicted octanol–water partition coefficient (Wildman–Crippen LogP) is -0.149. The molecule has 0 aromatic heterocycles. The number of hydrogen-bond donors (Lipinski definition) is 3. The molecule has 0 spiro atoms. The first-order valence-corrected chi connectivity index (χ1v) is 11.5. The third kappa shape index (κ3) is 3.83. The maximum Gasteiger partial charge on any atom is 0.353 e. The van der Waals surface area contributed by atoms with Crippen molar-refractivity contribution in [2.75, 3.05) is 46.3 Å². The van der Waals surface area contributed by atoms with Crippen LogP contribution in [0.1, 0.15) is 20.3 Å². The lowest BCUT2D eigenvalue weighted by molar-refractivity contribution is -0.163. The summed E-state index contributed by atoms with van der Waals surface area (Å²) in [7, 11) is 2.16. The van der Waals surface area contributed by atoms with E-state index in [9.17, 15) is 19.8 Å². The molecule has 3 fully saturated rings. The number of carbonyl (C=O) groups is 2. The highest BCUT2D eigenvalue weighted by Gasteiger charge is 2.60. The van der Waals surface area contributed by atoms with E-state index in [-0.39, 0.29) is 23.6 Å². The van der Waals surface area contributed by atoms with Crippen LogP contribution in [0.3, 0.4) is 0 Å². The van der Waals surface area contributed by atoms with Crippen molar-refractivity contribution in [3.63, 3.8) is 0 Å². The van der Waals surface area contributed by atoms with Crippen LogP contribution in [0.25, 0.3) is 0 Å². The summed E-state index contributed by atoms with van der Waals surface area (Å²) >= 11 is 1.62. The number of carboxylic acid groups (broad SMARTS) is 1. The van der Waals surface area contributed by atoms with E-state index in [1.54, 1.807) is 18.7 Å². The van der Waals surface area contributed by atoms with Crippen LogP contribution >= 0.6 is 11.8 Å². The lowest BCUT2D eigenvalue weighted by atomic mass is 9.79. The van der Waals surface area contributed by atoms with Gasteiger partial charge in [-0.2, -0.15) is 0 Å². The Balaban J connectivity index is 1.40. The van der Waals surface area contributed by atoms with E-state index in [4.69, 9.17) is 0 Å². The SMILES string of the molecule is C[C@@H](O)[C@H]1C(=O)N2C(C(=O)O)=C(S[C@@H]3CN[C@H](CN4CCN(C)CC4)C3)[C@H](C)[C@H]12. The zero-order valence-electron chi connectivity index (χ0n) is 17.4. The maximum atomic E-state index is 12.5. The van der Waals surface area contributed by atoms with E-state index in [1.165, 1.54) is 4.90 Å². The minimum Gasteiger partial charge on any atom is -0.477 e. The number of rotatable bonds is 6. The summed E-state index contributed by atoms with van der Waals surface area (Å²) < 4.78 is 0. The normalized spacial score (nSPS) is 37.0. The number of hydrogen-bond acceptors (Lipinski definition) is 7. The quantitative estimate of drug-likeness (QED) is 0.507. The fraction of sp³-hybridized carbons (Fsp3) is 0.800. The molecule has 3 N–H and O–H groups in total. The molecule has 8 nitrogen and oxygen atoms in total. The highest BCUT2D eigenvalue weighted by Crippen LogP contribution is 2.51. The molecule has 0 aromatic rings. The summed E-state index contributed by atoms with van der Waals surface area (Å²) in [4.78, 5) is 31.5. The van der Waals surface area contributed by atoms with Crippen LogP contribution in [0.2, 0.25) is 0 Å². The highest BCUT2D eigenvalue weighted by molar-refractivity contribution is 8.03. The van der Waals surface area contributed by atoms with Gasteiger partial charge in [0.05, 0.1) is 18.1 Å². The average Bonchev–Trinajstić information content (AvgIpc) is 3.18. The van der Waals surface area contributed by atoms with Crippen LogP contribution in [-0.4, -0.2) is 107 Å². The zero-order valence-corrected chi connectivity index (χ0v) is 18.2. The second-order valence-corrected chi connectivity index (χ2v) is 10.3. The summed E-state index contributed by atoms with van der Waals surface area (Å²) in [6, 6.07) is 0.192. The summed E-state index contributed by atoms with van der Waals surface area (Å²) in [6.45, 7) is 9.88. The van der Waals surface area contributed by atoms with Crippen molar-refractivity contribution < 1.29 is 19.8 Å². The van der Waals surface area contributed by atoms with E-state index in [1.807, 2.05) is 6.92 Å². The molecular formula is C20H32N4O4S. The molecule has 6 atom stereocenters. The fourth-order valence-electron chi connectivity index (χ4n) is 5.21. The third-order valence-corrected chi connectivity index (χ3v) is 8.37. The largest absolute Gasteiger partial charge is 0.477 e. The number of carboxylic acids is 1. The van der Waals surface area contributed by atoms with Crippen molar-refractivity contribution in [3.8, 4) is 0 Å². The standard InChI is InChI=1S/C20H32N4O4S/c1-11-16-15(12(2)25)19(26)24(16)17(20(27)28)18(11)29-14-8-13(21-9-14)10-23-6-4-22(3)5-7-23/h11-16,21,25H,4-10H2,1-3H3,(H,27,28)/t11-,12-,13+,14+,15-,16-/m1/s1. The summed E-state index contributed by atoms with van der Waals surface area (Å²) in [5, 5.41) is 23.7. The topological polar surface area (TPSA) is 96.3 Å². The Morgan fingerprint density at radius 3 is 2.62 bits per heavy atom. The van der Waals surface area contributed by atoms with Gasteiger partial charge < -0.3 is 25.3 Å². The van der Waals surface area contributed by atoms with Crippen LogP contribution in [0.15, 0.2) is 10.6 Å². The summed E-state index contributed by atoms with van der Waals surface area (Å²) in [6.07, 6.45) is 0.241. The molecule has 0 bridgehead atoms. The van der Waals surface area contributed by atoms with E-state index in [0.717, 1.165) is 50.6 Å². The van der Waals surface area contributed by atoms with Crippen molar-refractivity contribution in [1.82, 2.24) is 20.0 Å². The van der Waals surface area contributed by atoms with Gasteiger partial charge in [0.1, 0.15) is 5.70 Å². The van der Waals surface area contributed by atoms with Gasteiger partial charge in [0, 0.05) is 61.4 Å². The van der Waals surface area contributed by atoms with Gasteiger partial charge in [0.2, 0.25) is 5.91 Å². The number of aliphatic hydroxyl groups is 1. The number of nitrogens with zero attached hydrogens (tertiary/aromatic N) is 3. The molecule has 1 amide bonds. The maximum absolute atomic E-state index is 12.5.